The van der Waals surface area contributed by atoms with Gasteiger partial charge in [-0.25, -0.2) is 4.79 Å². The minimum Gasteiger partial charge on any atom is -0.478 e. The number of carboxylic acids is 1. The molecule has 0 aliphatic carbocycles. The van der Waals surface area contributed by atoms with Crippen molar-refractivity contribution >= 4 is 5.97 Å². The zero-order valence-corrected chi connectivity index (χ0v) is 14.1. The Kier molecular flexibility index (Phi) is 6.38. The van der Waals surface area contributed by atoms with E-state index in [0.717, 1.165) is 19.5 Å². The van der Waals surface area contributed by atoms with Gasteiger partial charge in [-0.3, -0.25) is 4.90 Å². The highest BCUT2D eigenvalue weighted by Crippen LogP contribution is 2.29. The molecular formula is C20H25NO3. The topological polar surface area (TPSA) is 49.8 Å². The summed E-state index contributed by atoms with van der Waals surface area (Å²) >= 11 is 0. The number of rotatable bonds is 7. The van der Waals surface area contributed by atoms with Gasteiger partial charge in [0.15, 0.2) is 0 Å². The summed E-state index contributed by atoms with van der Waals surface area (Å²) in [6.45, 7) is 7.57. The molecule has 1 aliphatic rings. The first kappa shape index (κ1) is 18.0. The van der Waals surface area contributed by atoms with E-state index in [1.807, 2.05) is 37.3 Å². The summed E-state index contributed by atoms with van der Waals surface area (Å²) in [5, 5.41) is 9.81. The maximum absolute atomic E-state index is 12.0. The average Bonchev–Trinajstić information content (AvgIpc) is 2.59. The zero-order valence-electron chi connectivity index (χ0n) is 14.1. The molecule has 1 saturated heterocycles. The molecule has 0 spiro atoms. The number of carboxylic acid groups (broad SMARTS) is 1. The van der Waals surface area contributed by atoms with Crippen molar-refractivity contribution in [3.8, 4) is 0 Å². The van der Waals surface area contributed by atoms with Crippen molar-refractivity contribution in [2.75, 3.05) is 13.1 Å². The van der Waals surface area contributed by atoms with Crippen molar-refractivity contribution in [2.24, 2.45) is 0 Å². The first-order chi connectivity index (χ1) is 11.6. The van der Waals surface area contributed by atoms with Gasteiger partial charge < -0.3 is 9.84 Å². The van der Waals surface area contributed by atoms with Crippen LogP contribution in [0.15, 0.2) is 67.0 Å². The van der Waals surface area contributed by atoms with Gasteiger partial charge in [-0.05, 0) is 37.6 Å². The fourth-order valence-electron chi connectivity index (χ4n) is 2.95. The van der Waals surface area contributed by atoms with Crippen LogP contribution in [0, 0.1) is 0 Å². The highest BCUT2D eigenvalue weighted by atomic mass is 16.5. The Morgan fingerprint density at radius 3 is 2.79 bits per heavy atom. The second kappa shape index (κ2) is 8.50. The predicted molar refractivity (Wildman–Crippen MR) is 95.5 cm³/mol. The molecule has 128 valence electrons. The molecule has 24 heavy (non-hydrogen) atoms. The lowest BCUT2D eigenvalue weighted by atomic mass is 9.92. The summed E-state index contributed by atoms with van der Waals surface area (Å²) in [5.41, 5.74) is -0.0543. The Morgan fingerprint density at radius 2 is 2.17 bits per heavy atom. The van der Waals surface area contributed by atoms with Crippen molar-refractivity contribution < 1.29 is 14.6 Å². The molecule has 0 saturated carbocycles. The van der Waals surface area contributed by atoms with Crippen LogP contribution in [-0.4, -0.2) is 34.7 Å². The monoisotopic (exact) mass is 327 g/mol. The maximum Gasteiger partial charge on any atom is 0.349 e. The van der Waals surface area contributed by atoms with E-state index < -0.39 is 11.6 Å². The lowest BCUT2D eigenvalue weighted by molar-refractivity contribution is -0.167. The molecular weight excluding hydrogens is 302 g/mol. The van der Waals surface area contributed by atoms with Gasteiger partial charge in [0.2, 0.25) is 5.60 Å². The van der Waals surface area contributed by atoms with Gasteiger partial charge in [0.25, 0.3) is 0 Å². The van der Waals surface area contributed by atoms with E-state index in [4.69, 9.17) is 4.74 Å². The van der Waals surface area contributed by atoms with Crippen molar-refractivity contribution in [3.05, 3.63) is 72.5 Å². The smallest absolute Gasteiger partial charge is 0.349 e. The Morgan fingerprint density at radius 1 is 1.42 bits per heavy atom. The van der Waals surface area contributed by atoms with Gasteiger partial charge in [0, 0.05) is 19.5 Å². The van der Waals surface area contributed by atoms with Crippen molar-refractivity contribution in [1.29, 1.82) is 0 Å². The SMILES string of the molecule is C=C/C(=C\C=C/C)OC1(C(=O)O)CCCN(Cc2ccccc2)C1. The van der Waals surface area contributed by atoms with Crippen LogP contribution >= 0.6 is 0 Å². The van der Waals surface area contributed by atoms with Crippen LogP contribution in [-0.2, 0) is 16.1 Å². The molecule has 1 aromatic carbocycles. The summed E-state index contributed by atoms with van der Waals surface area (Å²) in [6, 6.07) is 10.1. The molecule has 1 fully saturated rings. The number of ether oxygens (including phenoxy) is 1. The standard InChI is InChI=1S/C20H25NO3/c1-3-5-12-18(4-2)24-20(19(22)23)13-9-14-21(16-20)15-17-10-7-6-8-11-17/h3-8,10-12H,2,9,13-16H2,1H3,(H,22,23)/b5-3-,18-12+. The highest BCUT2D eigenvalue weighted by Gasteiger charge is 2.45. The summed E-state index contributed by atoms with van der Waals surface area (Å²) in [7, 11) is 0. The number of benzene rings is 1. The van der Waals surface area contributed by atoms with Crippen molar-refractivity contribution in [1.82, 2.24) is 4.90 Å². The quantitative estimate of drug-likeness (QED) is 0.612. The second-order valence-corrected chi connectivity index (χ2v) is 6.00. The first-order valence-corrected chi connectivity index (χ1v) is 8.24. The van der Waals surface area contributed by atoms with Crippen molar-refractivity contribution in [2.45, 2.75) is 31.9 Å². The van der Waals surface area contributed by atoms with Gasteiger partial charge in [0.1, 0.15) is 5.76 Å². The van der Waals surface area contributed by atoms with Crippen LogP contribution in [0.5, 0.6) is 0 Å². The number of allylic oxidation sites excluding steroid dienone is 4. The Hall–Kier alpha value is -2.33. The highest BCUT2D eigenvalue weighted by molar-refractivity contribution is 5.78. The third-order valence-corrected chi connectivity index (χ3v) is 4.14. The molecule has 4 heteroatoms. The van der Waals surface area contributed by atoms with Crippen LogP contribution in [0.3, 0.4) is 0 Å². The third-order valence-electron chi connectivity index (χ3n) is 4.14. The third kappa shape index (κ3) is 4.59. The Bertz CT molecular complexity index is 621. The van der Waals surface area contributed by atoms with E-state index in [9.17, 15) is 9.90 Å². The van der Waals surface area contributed by atoms with E-state index in [0.29, 0.717) is 18.7 Å². The molecule has 1 unspecified atom stereocenters. The normalized spacial score (nSPS) is 22.5. The predicted octanol–water partition coefficient (Wildman–Crippen LogP) is 3.77. The molecule has 0 bridgehead atoms. The molecule has 1 N–H and O–H groups in total. The zero-order chi connectivity index (χ0) is 17.4. The minimum atomic E-state index is -1.23. The number of piperidine rings is 1. The van der Waals surface area contributed by atoms with E-state index >= 15 is 0 Å². The van der Waals surface area contributed by atoms with Crippen LogP contribution in [0.4, 0.5) is 0 Å². The molecule has 0 radical (unpaired) electrons. The molecule has 1 heterocycles. The molecule has 1 aromatic rings. The minimum absolute atomic E-state index is 0.359. The van der Waals surface area contributed by atoms with Gasteiger partial charge in [-0.1, -0.05) is 49.1 Å². The van der Waals surface area contributed by atoms with Gasteiger partial charge >= 0.3 is 5.97 Å². The van der Waals surface area contributed by atoms with E-state index in [1.165, 1.54) is 5.56 Å². The molecule has 1 atom stereocenters. The van der Waals surface area contributed by atoms with Crippen molar-refractivity contribution in [3.63, 3.8) is 0 Å². The van der Waals surface area contributed by atoms with Crippen LogP contribution in [0.1, 0.15) is 25.3 Å². The average molecular weight is 327 g/mol. The number of aliphatic carboxylic acids is 1. The molecule has 1 aliphatic heterocycles. The number of nitrogens with zero attached hydrogens (tertiary/aromatic N) is 1. The lowest BCUT2D eigenvalue weighted by Gasteiger charge is -2.40. The van der Waals surface area contributed by atoms with E-state index in [-0.39, 0.29) is 0 Å². The van der Waals surface area contributed by atoms with Gasteiger partial charge in [0.05, 0.1) is 0 Å². The Balaban J connectivity index is 2.16. The second-order valence-electron chi connectivity index (χ2n) is 6.00. The van der Waals surface area contributed by atoms with Gasteiger partial charge in [-0.15, -0.1) is 0 Å². The fourth-order valence-corrected chi connectivity index (χ4v) is 2.95. The molecule has 2 rings (SSSR count). The summed E-state index contributed by atoms with van der Waals surface area (Å²) in [6.07, 6.45) is 8.26. The lowest BCUT2D eigenvalue weighted by Crippen LogP contribution is -2.54. The van der Waals surface area contributed by atoms with E-state index in [2.05, 4.69) is 23.6 Å². The van der Waals surface area contributed by atoms with Crippen LogP contribution in [0.2, 0.25) is 0 Å². The number of likely N-dealkylation sites (tertiary alicyclic amines) is 1. The maximum atomic E-state index is 12.0. The summed E-state index contributed by atoms with van der Waals surface area (Å²) < 4.78 is 5.91. The molecule has 0 aromatic heterocycles. The first-order valence-electron chi connectivity index (χ1n) is 8.24. The fraction of sp³-hybridized carbons (Fsp3) is 0.350. The summed E-state index contributed by atoms with van der Waals surface area (Å²) in [5.74, 6) is -0.439. The number of hydrogen-bond donors (Lipinski definition) is 1. The Labute approximate surface area is 143 Å². The largest absolute Gasteiger partial charge is 0.478 e. The van der Waals surface area contributed by atoms with Crippen LogP contribution in [0.25, 0.3) is 0 Å². The molecule has 0 amide bonds. The van der Waals surface area contributed by atoms with Gasteiger partial charge in [-0.2, -0.15) is 0 Å². The molecule has 4 nitrogen and oxygen atoms in total. The number of hydrogen-bond acceptors (Lipinski definition) is 3. The van der Waals surface area contributed by atoms with E-state index in [1.54, 1.807) is 12.2 Å². The summed E-state index contributed by atoms with van der Waals surface area (Å²) in [4.78, 5) is 14.1. The number of carbonyl (C=O) groups is 1. The van der Waals surface area contributed by atoms with Crippen LogP contribution < -0.4 is 0 Å².